The van der Waals surface area contributed by atoms with Crippen molar-refractivity contribution in [2.75, 3.05) is 38.1 Å². The second-order valence-electron chi connectivity index (χ2n) is 7.50. The smallest absolute Gasteiger partial charge is 0.361 e. The summed E-state index contributed by atoms with van der Waals surface area (Å²) in [6, 6.07) is 18.2. The molecule has 1 N–H and O–H groups in total. The van der Waals surface area contributed by atoms with Crippen LogP contribution in [0.25, 0.3) is 5.69 Å². The maximum atomic E-state index is 12.5. The predicted molar refractivity (Wildman–Crippen MR) is 120 cm³/mol. The van der Waals surface area contributed by atoms with Gasteiger partial charge in [-0.15, -0.1) is 5.10 Å². The molecule has 4 rings (SSSR count). The average Bonchev–Trinajstić information content (AvgIpc) is 3.25. The monoisotopic (exact) mass is 448 g/mol. The molecule has 1 fully saturated rings. The first-order chi connectivity index (χ1) is 16.0. The third kappa shape index (κ3) is 5.35. The van der Waals surface area contributed by atoms with Crippen LogP contribution in [0.1, 0.15) is 16.2 Å². The second kappa shape index (κ2) is 9.94. The number of carbonyl (C=O) groups excluding carboxylic acids is 3. The summed E-state index contributed by atoms with van der Waals surface area (Å²) < 4.78 is 5.19. The normalized spacial score (nSPS) is 13.5. The van der Waals surface area contributed by atoms with Gasteiger partial charge in [-0.05, 0) is 31.2 Å². The molecule has 2 aromatic carbocycles. The van der Waals surface area contributed by atoms with Crippen LogP contribution < -0.4 is 5.32 Å². The first kappa shape index (κ1) is 22.0. The Kier molecular flexibility index (Phi) is 6.63. The zero-order valence-corrected chi connectivity index (χ0v) is 18.2. The Bertz CT molecular complexity index is 1120. The van der Waals surface area contributed by atoms with E-state index in [-0.39, 0.29) is 17.6 Å². The number of rotatable bonds is 5. The molecule has 0 bridgehead atoms. The van der Waals surface area contributed by atoms with Gasteiger partial charge in [0.2, 0.25) is 0 Å². The van der Waals surface area contributed by atoms with Gasteiger partial charge in [0.15, 0.2) is 12.3 Å². The largest absolute Gasteiger partial charge is 0.451 e. The molecule has 0 unspecified atom stereocenters. The number of nitrogens with one attached hydrogen (secondary N) is 1. The number of aryl methyl sites for hydroxylation is 1. The number of hydrogen-bond donors (Lipinski definition) is 1. The molecule has 0 atom stereocenters. The van der Waals surface area contributed by atoms with Crippen molar-refractivity contribution < 1.29 is 19.1 Å². The fourth-order valence-corrected chi connectivity index (χ4v) is 3.41. The summed E-state index contributed by atoms with van der Waals surface area (Å²) in [5.74, 6) is -1.02. The van der Waals surface area contributed by atoms with Crippen molar-refractivity contribution in [1.82, 2.24) is 24.8 Å². The number of amides is 3. The Hall–Kier alpha value is -4.21. The third-order valence-electron chi connectivity index (χ3n) is 5.23. The van der Waals surface area contributed by atoms with Gasteiger partial charge < -0.3 is 19.9 Å². The number of para-hydroxylation sites is 2. The molecule has 170 valence electrons. The number of nitrogens with zero attached hydrogens (tertiary/aromatic N) is 5. The number of aromatic nitrogens is 3. The third-order valence-corrected chi connectivity index (χ3v) is 5.23. The lowest BCUT2D eigenvalue weighted by Gasteiger charge is -2.34. The number of urea groups is 1. The van der Waals surface area contributed by atoms with Gasteiger partial charge in [0.1, 0.15) is 0 Å². The van der Waals surface area contributed by atoms with E-state index < -0.39 is 12.6 Å². The van der Waals surface area contributed by atoms with Crippen molar-refractivity contribution in [1.29, 1.82) is 0 Å². The maximum absolute atomic E-state index is 12.5. The molecule has 1 saturated heterocycles. The minimum absolute atomic E-state index is 0.0639. The molecule has 1 aromatic heterocycles. The van der Waals surface area contributed by atoms with Crippen molar-refractivity contribution in [2.45, 2.75) is 6.92 Å². The molecule has 0 radical (unpaired) electrons. The lowest BCUT2D eigenvalue weighted by Crippen LogP contribution is -2.52. The SMILES string of the molecule is Cc1nn(-c2ccccc2)nc1C(=O)OCC(=O)N1CCN(C(=O)Nc2ccccc2)CC1. The fraction of sp³-hybridized carbons (Fsp3) is 0.261. The Labute approximate surface area is 190 Å². The molecule has 1 aliphatic rings. The first-order valence-corrected chi connectivity index (χ1v) is 10.6. The molecule has 0 aliphatic carbocycles. The van der Waals surface area contributed by atoms with E-state index in [1.807, 2.05) is 60.7 Å². The lowest BCUT2D eigenvalue weighted by molar-refractivity contribution is -0.135. The van der Waals surface area contributed by atoms with E-state index in [0.717, 1.165) is 0 Å². The highest BCUT2D eigenvalue weighted by Gasteiger charge is 2.26. The van der Waals surface area contributed by atoms with E-state index in [2.05, 4.69) is 15.5 Å². The number of piperazine rings is 1. The quantitative estimate of drug-likeness (QED) is 0.599. The standard InChI is InChI=1S/C23H24N6O4/c1-17-21(26-29(25-17)19-10-6-3-7-11-19)22(31)33-16-20(30)27-12-14-28(15-13-27)23(32)24-18-8-4-2-5-9-18/h2-11H,12-16H2,1H3,(H,24,32). The number of esters is 1. The lowest BCUT2D eigenvalue weighted by atomic mass is 10.3. The number of carbonyl (C=O) groups is 3. The molecule has 3 amide bonds. The predicted octanol–water partition coefficient (Wildman–Crippen LogP) is 2.11. The topological polar surface area (TPSA) is 110 Å². The van der Waals surface area contributed by atoms with Crippen molar-refractivity contribution in [3.8, 4) is 5.69 Å². The van der Waals surface area contributed by atoms with Crippen LogP contribution >= 0.6 is 0 Å². The van der Waals surface area contributed by atoms with Gasteiger partial charge in [0.25, 0.3) is 5.91 Å². The van der Waals surface area contributed by atoms with E-state index in [4.69, 9.17) is 4.74 Å². The fourth-order valence-electron chi connectivity index (χ4n) is 3.41. The van der Waals surface area contributed by atoms with Crippen LogP contribution in [0.2, 0.25) is 0 Å². The molecule has 33 heavy (non-hydrogen) atoms. The van der Waals surface area contributed by atoms with Gasteiger partial charge in [-0.2, -0.15) is 9.90 Å². The van der Waals surface area contributed by atoms with Crippen LogP contribution in [-0.2, 0) is 9.53 Å². The van der Waals surface area contributed by atoms with E-state index in [1.165, 1.54) is 4.80 Å². The highest BCUT2D eigenvalue weighted by molar-refractivity contribution is 5.91. The van der Waals surface area contributed by atoms with E-state index in [9.17, 15) is 14.4 Å². The molecular weight excluding hydrogens is 424 g/mol. The Morgan fingerprint density at radius 2 is 1.48 bits per heavy atom. The van der Waals surface area contributed by atoms with Gasteiger partial charge >= 0.3 is 12.0 Å². The zero-order valence-electron chi connectivity index (χ0n) is 18.2. The van der Waals surface area contributed by atoms with Gasteiger partial charge in [0, 0.05) is 31.9 Å². The summed E-state index contributed by atoms with van der Waals surface area (Å²) in [5.41, 5.74) is 1.90. The number of hydrogen-bond acceptors (Lipinski definition) is 6. The molecule has 2 heterocycles. The summed E-state index contributed by atoms with van der Waals surface area (Å²) in [5, 5.41) is 11.3. The van der Waals surface area contributed by atoms with Crippen LogP contribution in [0.3, 0.4) is 0 Å². The van der Waals surface area contributed by atoms with Gasteiger partial charge in [-0.3, -0.25) is 4.79 Å². The summed E-state index contributed by atoms with van der Waals surface area (Å²) in [6.07, 6.45) is 0. The van der Waals surface area contributed by atoms with Crippen LogP contribution in [0.5, 0.6) is 0 Å². The number of ether oxygens (including phenoxy) is 1. The minimum Gasteiger partial charge on any atom is -0.451 e. The summed E-state index contributed by atoms with van der Waals surface area (Å²) in [4.78, 5) is 41.9. The minimum atomic E-state index is -0.705. The Morgan fingerprint density at radius 3 is 2.15 bits per heavy atom. The molecule has 10 heteroatoms. The molecule has 0 saturated carbocycles. The van der Waals surface area contributed by atoms with Crippen molar-refractivity contribution in [3.05, 3.63) is 72.1 Å². The van der Waals surface area contributed by atoms with Gasteiger partial charge in [0.05, 0.1) is 11.4 Å². The summed E-state index contributed by atoms with van der Waals surface area (Å²) in [7, 11) is 0. The molecule has 1 aliphatic heterocycles. The molecular formula is C23H24N6O4. The van der Waals surface area contributed by atoms with E-state index in [1.54, 1.807) is 16.7 Å². The highest BCUT2D eigenvalue weighted by Crippen LogP contribution is 2.11. The number of benzene rings is 2. The summed E-state index contributed by atoms with van der Waals surface area (Å²) in [6.45, 7) is 2.77. The Morgan fingerprint density at radius 1 is 0.879 bits per heavy atom. The summed E-state index contributed by atoms with van der Waals surface area (Å²) >= 11 is 0. The van der Waals surface area contributed by atoms with Crippen LogP contribution in [0.15, 0.2) is 60.7 Å². The van der Waals surface area contributed by atoms with Crippen molar-refractivity contribution in [2.24, 2.45) is 0 Å². The van der Waals surface area contributed by atoms with Crippen LogP contribution in [-0.4, -0.2) is 75.5 Å². The second-order valence-corrected chi connectivity index (χ2v) is 7.50. The average molecular weight is 448 g/mol. The van der Waals surface area contributed by atoms with Crippen LogP contribution in [0, 0.1) is 6.92 Å². The zero-order chi connectivity index (χ0) is 23.2. The molecule has 3 aromatic rings. The van der Waals surface area contributed by atoms with Crippen LogP contribution in [0.4, 0.5) is 10.5 Å². The first-order valence-electron chi connectivity index (χ1n) is 10.6. The Balaban J connectivity index is 1.25. The molecule has 10 nitrogen and oxygen atoms in total. The van der Waals surface area contributed by atoms with E-state index >= 15 is 0 Å². The molecule has 0 spiro atoms. The van der Waals surface area contributed by atoms with Crippen molar-refractivity contribution in [3.63, 3.8) is 0 Å². The van der Waals surface area contributed by atoms with E-state index in [0.29, 0.717) is 43.2 Å². The maximum Gasteiger partial charge on any atom is 0.361 e. The van der Waals surface area contributed by atoms with Gasteiger partial charge in [-0.1, -0.05) is 36.4 Å². The number of anilines is 1. The van der Waals surface area contributed by atoms with Gasteiger partial charge in [-0.25, -0.2) is 9.59 Å². The highest BCUT2D eigenvalue weighted by atomic mass is 16.5. The van der Waals surface area contributed by atoms with Crippen molar-refractivity contribution >= 4 is 23.6 Å².